The Bertz CT molecular complexity index is 125. The van der Waals surface area contributed by atoms with E-state index < -0.39 is 0 Å². The van der Waals surface area contributed by atoms with Crippen LogP contribution in [0.2, 0.25) is 0 Å². The van der Waals surface area contributed by atoms with Gasteiger partial charge in [-0.1, -0.05) is 0 Å². The molecule has 1 rings (SSSR count). The van der Waals surface area contributed by atoms with E-state index in [1.54, 1.807) is 0 Å². The molecule has 0 amide bonds. The number of rotatable bonds is 1. The van der Waals surface area contributed by atoms with Crippen LogP contribution in [-0.2, 0) is 0 Å². The van der Waals surface area contributed by atoms with Crippen molar-refractivity contribution in [3.63, 3.8) is 0 Å². The molecule has 1 N–H and O–H groups in total. The van der Waals surface area contributed by atoms with E-state index in [2.05, 4.69) is 25.7 Å². The van der Waals surface area contributed by atoms with E-state index in [4.69, 9.17) is 0 Å². The van der Waals surface area contributed by atoms with Crippen LogP contribution < -0.4 is 0 Å². The van der Waals surface area contributed by atoms with Crippen molar-refractivity contribution in [2.75, 3.05) is 6.54 Å². The molecule has 1 saturated heterocycles. The largest absolute Gasteiger partial charge is 0.393 e. The summed E-state index contributed by atoms with van der Waals surface area (Å²) in [6.07, 6.45) is 1.83. The highest BCUT2D eigenvalue weighted by molar-refractivity contribution is 4.80. The average molecular weight is 157 g/mol. The summed E-state index contributed by atoms with van der Waals surface area (Å²) in [6.45, 7) is 7.69. The zero-order valence-electron chi connectivity index (χ0n) is 7.75. The first-order valence-corrected chi connectivity index (χ1v) is 4.55. The molecule has 0 aromatic rings. The maximum absolute atomic E-state index is 9.35. The van der Waals surface area contributed by atoms with Crippen molar-refractivity contribution >= 4 is 0 Å². The molecule has 0 aromatic carbocycles. The zero-order chi connectivity index (χ0) is 8.43. The van der Waals surface area contributed by atoms with Crippen molar-refractivity contribution in [3.05, 3.63) is 0 Å². The molecular weight excluding hydrogens is 138 g/mol. The second kappa shape index (κ2) is 3.55. The van der Waals surface area contributed by atoms with E-state index in [0.29, 0.717) is 12.1 Å². The van der Waals surface area contributed by atoms with E-state index in [9.17, 15) is 5.11 Å². The van der Waals surface area contributed by atoms with Crippen LogP contribution in [0.1, 0.15) is 33.6 Å². The van der Waals surface area contributed by atoms with Crippen LogP contribution in [0.4, 0.5) is 0 Å². The third-order valence-electron chi connectivity index (χ3n) is 2.56. The third kappa shape index (κ3) is 2.17. The Labute approximate surface area is 69.2 Å². The highest BCUT2D eigenvalue weighted by Gasteiger charge is 2.25. The molecule has 2 atom stereocenters. The predicted octanol–water partition coefficient (Wildman–Crippen LogP) is 1.24. The average Bonchev–Trinajstić information content (AvgIpc) is 1.85. The van der Waals surface area contributed by atoms with E-state index >= 15 is 0 Å². The first-order chi connectivity index (χ1) is 5.11. The van der Waals surface area contributed by atoms with Gasteiger partial charge in [0.15, 0.2) is 0 Å². The summed E-state index contributed by atoms with van der Waals surface area (Å²) < 4.78 is 0. The zero-order valence-corrected chi connectivity index (χ0v) is 7.75. The second-order valence-electron chi connectivity index (χ2n) is 3.86. The molecule has 1 fully saturated rings. The molecule has 2 unspecified atom stereocenters. The number of hydrogen-bond acceptors (Lipinski definition) is 2. The van der Waals surface area contributed by atoms with Crippen molar-refractivity contribution in [2.24, 2.45) is 0 Å². The lowest BCUT2D eigenvalue weighted by molar-refractivity contribution is 0.0323. The Morgan fingerprint density at radius 3 is 2.55 bits per heavy atom. The van der Waals surface area contributed by atoms with E-state index in [0.717, 1.165) is 19.4 Å². The Kier molecular flexibility index (Phi) is 2.90. The summed E-state index contributed by atoms with van der Waals surface area (Å²) in [5.41, 5.74) is 0. The molecule has 0 radical (unpaired) electrons. The van der Waals surface area contributed by atoms with Gasteiger partial charge >= 0.3 is 0 Å². The maximum atomic E-state index is 9.35. The summed E-state index contributed by atoms with van der Waals surface area (Å²) in [5, 5.41) is 9.35. The molecule has 1 aliphatic heterocycles. The van der Waals surface area contributed by atoms with Gasteiger partial charge in [-0.2, -0.15) is 0 Å². The van der Waals surface area contributed by atoms with Crippen molar-refractivity contribution in [3.8, 4) is 0 Å². The van der Waals surface area contributed by atoms with E-state index in [1.807, 2.05) is 0 Å². The molecule has 2 heteroatoms. The highest BCUT2D eigenvalue weighted by atomic mass is 16.3. The number of hydrogen-bond donors (Lipinski definition) is 1. The van der Waals surface area contributed by atoms with Crippen LogP contribution in [0.15, 0.2) is 0 Å². The minimum atomic E-state index is -0.0556. The summed E-state index contributed by atoms with van der Waals surface area (Å²) >= 11 is 0. The summed E-state index contributed by atoms with van der Waals surface area (Å²) in [4.78, 5) is 2.45. The molecule has 0 bridgehead atoms. The fourth-order valence-electron chi connectivity index (χ4n) is 1.93. The van der Waals surface area contributed by atoms with Crippen molar-refractivity contribution in [1.29, 1.82) is 0 Å². The minimum absolute atomic E-state index is 0.0556. The lowest BCUT2D eigenvalue weighted by Gasteiger charge is -2.38. The SMILES string of the molecule is CC(C)N1CCC(O)CC1C. The molecule has 2 nitrogen and oxygen atoms in total. The molecule has 11 heavy (non-hydrogen) atoms. The molecule has 1 heterocycles. The van der Waals surface area contributed by atoms with Crippen LogP contribution in [0.25, 0.3) is 0 Å². The smallest absolute Gasteiger partial charge is 0.0567 e. The molecule has 0 aromatic heterocycles. The molecule has 0 spiro atoms. The van der Waals surface area contributed by atoms with Gasteiger partial charge < -0.3 is 5.11 Å². The Balaban J connectivity index is 2.44. The predicted molar refractivity (Wildman–Crippen MR) is 46.5 cm³/mol. The quantitative estimate of drug-likeness (QED) is 0.619. The number of piperidine rings is 1. The van der Waals surface area contributed by atoms with Gasteiger partial charge in [-0.25, -0.2) is 0 Å². The Morgan fingerprint density at radius 2 is 2.09 bits per heavy atom. The van der Waals surface area contributed by atoms with Crippen LogP contribution in [-0.4, -0.2) is 34.7 Å². The van der Waals surface area contributed by atoms with Gasteiger partial charge in [0.1, 0.15) is 0 Å². The molecule has 66 valence electrons. The van der Waals surface area contributed by atoms with E-state index in [-0.39, 0.29) is 6.10 Å². The normalized spacial score (nSPS) is 34.6. The van der Waals surface area contributed by atoms with Crippen molar-refractivity contribution < 1.29 is 5.11 Å². The fourth-order valence-corrected chi connectivity index (χ4v) is 1.93. The Hall–Kier alpha value is -0.0800. The summed E-state index contributed by atoms with van der Waals surface area (Å²) in [6, 6.07) is 1.18. The maximum Gasteiger partial charge on any atom is 0.0567 e. The monoisotopic (exact) mass is 157 g/mol. The molecule has 1 aliphatic rings. The van der Waals surface area contributed by atoms with Crippen molar-refractivity contribution in [1.82, 2.24) is 4.90 Å². The molecule has 0 aliphatic carbocycles. The standard InChI is InChI=1S/C9H19NO/c1-7(2)10-5-4-9(11)6-8(10)3/h7-9,11H,4-6H2,1-3H3. The number of aliphatic hydroxyl groups excluding tert-OH is 1. The third-order valence-corrected chi connectivity index (χ3v) is 2.56. The van der Waals surface area contributed by atoms with Gasteiger partial charge in [0, 0.05) is 18.6 Å². The summed E-state index contributed by atoms with van der Waals surface area (Å²) in [7, 11) is 0. The van der Waals surface area contributed by atoms with Crippen molar-refractivity contribution in [2.45, 2.75) is 51.8 Å². The van der Waals surface area contributed by atoms with Gasteiger partial charge in [0.25, 0.3) is 0 Å². The fraction of sp³-hybridized carbons (Fsp3) is 1.00. The number of likely N-dealkylation sites (tertiary alicyclic amines) is 1. The first-order valence-electron chi connectivity index (χ1n) is 4.55. The van der Waals surface area contributed by atoms with Crippen LogP contribution >= 0.6 is 0 Å². The lowest BCUT2D eigenvalue weighted by atomic mass is 9.99. The van der Waals surface area contributed by atoms with Gasteiger partial charge in [-0.05, 0) is 33.6 Å². The van der Waals surface area contributed by atoms with E-state index in [1.165, 1.54) is 0 Å². The topological polar surface area (TPSA) is 23.5 Å². The van der Waals surface area contributed by atoms with Gasteiger partial charge in [0.05, 0.1) is 6.10 Å². The molecular formula is C9H19NO. The second-order valence-corrected chi connectivity index (χ2v) is 3.86. The van der Waals surface area contributed by atoms with Crippen LogP contribution in [0.3, 0.4) is 0 Å². The first kappa shape index (κ1) is 9.01. The molecule has 0 saturated carbocycles. The number of aliphatic hydroxyl groups is 1. The minimum Gasteiger partial charge on any atom is -0.393 e. The van der Waals surface area contributed by atoms with Crippen LogP contribution in [0, 0.1) is 0 Å². The van der Waals surface area contributed by atoms with Gasteiger partial charge in [-0.3, -0.25) is 4.90 Å². The van der Waals surface area contributed by atoms with Gasteiger partial charge in [-0.15, -0.1) is 0 Å². The van der Waals surface area contributed by atoms with Gasteiger partial charge in [0.2, 0.25) is 0 Å². The highest BCUT2D eigenvalue weighted by Crippen LogP contribution is 2.18. The van der Waals surface area contributed by atoms with Crippen LogP contribution in [0.5, 0.6) is 0 Å². The summed E-state index contributed by atoms with van der Waals surface area (Å²) in [5.74, 6) is 0. The Morgan fingerprint density at radius 1 is 1.45 bits per heavy atom. The number of nitrogens with zero attached hydrogens (tertiary/aromatic N) is 1. The lowest BCUT2D eigenvalue weighted by Crippen LogP contribution is -2.46.